The highest BCUT2D eigenvalue weighted by atomic mass is 32.2. The number of hydrogen-bond acceptors (Lipinski definition) is 3. The van der Waals surface area contributed by atoms with Crippen molar-refractivity contribution in [2.45, 2.75) is 51.1 Å². The average molecular weight is 386 g/mol. The van der Waals surface area contributed by atoms with Crippen LogP contribution in [0.4, 0.5) is 13.2 Å². The summed E-state index contributed by atoms with van der Waals surface area (Å²) in [5.41, 5.74) is 1.10. The van der Waals surface area contributed by atoms with Gasteiger partial charge in [-0.2, -0.15) is 13.2 Å². The maximum Gasteiger partial charge on any atom is 0.416 e. The Morgan fingerprint density at radius 1 is 1.23 bits per heavy atom. The molecular weight excluding hydrogens is 361 g/mol. The molecule has 2 aliphatic rings. The summed E-state index contributed by atoms with van der Waals surface area (Å²) in [6.07, 6.45) is -2.41. The van der Waals surface area contributed by atoms with Crippen LogP contribution in [0.1, 0.15) is 44.7 Å². The first-order chi connectivity index (χ1) is 12.0. The zero-order valence-corrected chi connectivity index (χ0v) is 16.2. The Morgan fingerprint density at radius 3 is 2.62 bits per heavy atom. The van der Waals surface area contributed by atoms with Crippen LogP contribution < -0.4 is 0 Å². The number of alkyl halides is 3. The molecule has 0 N–H and O–H groups in total. The molecule has 1 saturated heterocycles. The van der Waals surface area contributed by atoms with Gasteiger partial charge in [-0.1, -0.05) is 22.6 Å². The summed E-state index contributed by atoms with van der Waals surface area (Å²) in [7, 11) is 0. The number of benzene rings is 1. The maximum atomic E-state index is 12.9. The molecule has 1 aromatic carbocycles. The van der Waals surface area contributed by atoms with E-state index in [4.69, 9.17) is 0 Å². The van der Waals surface area contributed by atoms with Crippen molar-refractivity contribution >= 4 is 17.1 Å². The van der Waals surface area contributed by atoms with Gasteiger partial charge in [0.25, 0.3) is 0 Å². The van der Waals surface area contributed by atoms with Gasteiger partial charge in [0.1, 0.15) is 16.1 Å². The summed E-state index contributed by atoms with van der Waals surface area (Å²) in [6, 6.07) is 5.55. The minimum absolute atomic E-state index is 0.284. The molecule has 1 aromatic rings. The first kappa shape index (κ1) is 19.7. The van der Waals surface area contributed by atoms with E-state index in [1.54, 1.807) is 6.07 Å². The van der Waals surface area contributed by atoms with Gasteiger partial charge in [-0.05, 0) is 51.2 Å². The predicted octanol–water partition coefficient (Wildman–Crippen LogP) is 4.45. The summed E-state index contributed by atoms with van der Waals surface area (Å²) in [5, 5.41) is 0. The van der Waals surface area contributed by atoms with E-state index in [1.165, 1.54) is 12.1 Å². The molecule has 3 nitrogen and oxygen atoms in total. The molecule has 0 aromatic heterocycles. The largest absolute Gasteiger partial charge is 0.591 e. The molecule has 7 heteroatoms. The van der Waals surface area contributed by atoms with Crippen LogP contribution in [-0.4, -0.2) is 33.0 Å². The Morgan fingerprint density at radius 2 is 1.96 bits per heavy atom. The highest BCUT2D eigenvalue weighted by molar-refractivity contribution is 7.91. The third-order valence-corrected chi connectivity index (χ3v) is 6.55. The average Bonchev–Trinajstić information content (AvgIpc) is 3.07. The standard InChI is InChI=1S/C19H25F3N2OS/c1-18(2,3)26(25)23-17-8-7-14-11-24(12-16(14)17)10-13-5-4-6-15(9-13)19(20,21)22/h4-6,9,14,16H,7-8,10-12H2,1-3H3/b23-17-. The lowest BCUT2D eigenvalue weighted by Crippen LogP contribution is -2.28. The molecular formula is C19H25F3N2OS. The van der Waals surface area contributed by atoms with Crippen LogP contribution in [0.5, 0.6) is 0 Å². The third kappa shape index (κ3) is 4.43. The van der Waals surface area contributed by atoms with Crippen LogP contribution in [0.2, 0.25) is 0 Å². The van der Waals surface area contributed by atoms with Crippen molar-refractivity contribution < 1.29 is 17.7 Å². The lowest BCUT2D eigenvalue weighted by molar-refractivity contribution is -0.137. The van der Waals surface area contributed by atoms with Crippen LogP contribution in [0, 0.1) is 11.8 Å². The lowest BCUT2D eigenvalue weighted by atomic mass is 10.00. The topological polar surface area (TPSA) is 38.7 Å². The molecule has 1 aliphatic heterocycles. The van der Waals surface area contributed by atoms with E-state index < -0.39 is 23.1 Å². The Balaban J connectivity index is 1.67. The summed E-state index contributed by atoms with van der Waals surface area (Å²) in [4.78, 5) is 2.19. The third-order valence-electron chi connectivity index (χ3n) is 5.10. The fourth-order valence-corrected chi connectivity index (χ4v) is 4.45. The van der Waals surface area contributed by atoms with E-state index >= 15 is 0 Å². The Labute approximate surface area is 156 Å². The molecule has 0 spiro atoms. The quantitative estimate of drug-likeness (QED) is 0.720. The van der Waals surface area contributed by atoms with Crippen molar-refractivity contribution in [3.05, 3.63) is 35.4 Å². The molecule has 3 unspecified atom stereocenters. The normalized spacial score (nSPS) is 27.1. The second-order valence-corrected chi connectivity index (χ2v) is 10.1. The van der Waals surface area contributed by atoms with E-state index in [1.807, 2.05) is 20.8 Å². The zero-order valence-electron chi connectivity index (χ0n) is 15.3. The van der Waals surface area contributed by atoms with Crippen LogP contribution >= 0.6 is 0 Å². The molecule has 0 bridgehead atoms. The van der Waals surface area contributed by atoms with E-state index in [-0.39, 0.29) is 10.7 Å². The smallest absolute Gasteiger partial charge is 0.416 e. The van der Waals surface area contributed by atoms with Crippen LogP contribution in [-0.2, 0) is 24.1 Å². The van der Waals surface area contributed by atoms with Gasteiger partial charge in [-0.3, -0.25) is 4.90 Å². The zero-order chi connectivity index (χ0) is 19.1. The fraction of sp³-hybridized carbons (Fsp3) is 0.632. The molecule has 26 heavy (non-hydrogen) atoms. The molecule has 2 fully saturated rings. The van der Waals surface area contributed by atoms with Crippen LogP contribution in [0.3, 0.4) is 0 Å². The van der Waals surface area contributed by atoms with Gasteiger partial charge in [0.05, 0.1) is 11.3 Å². The first-order valence-corrected chi connectivity index (χ1v) is 10.0. The lowest BCUT2D eigenvalue weighted by Gasteiger charge is -2.20. The van der Waals surface area contributed by atoms with Gasteiger partial charge in [-0.25, -0.2) is 0 Å². The molecule has 1 saturated carbocycles. The molecule has 3 rings (SSSR count). The van der Waals surface area contributed by atoms with Crippen molar-refractivity contribution in [3.63, 3.8) is 0 Å². The minimum atomic E-state index is -4.31. The molecule has 0 radical (unpaired) electrons. The molecule has 1 heterocycles. The Hall–Kier alpha value is -1.05. The maximum absolute atomic E-state index is 12.9. The SMILES string of the molecule is CC(C)(C)[S+]([O-])/N=C1/CCC2CN(Cc3cccc(C(F)(F)F)c3)CC12. The summed E-state index contributed by atoms with van der Waals surface area (Å²) < 4.78 is 55.1. The molecule has 144 valence electrons. The van der Waals surface area contributed by atoms with Crippen molar-refractivity contribution in [1.29, 1.82) is 0 Å². The predicted molar refractivity (Wildman–Crippen MR) is 98.3 cm³/mol. The van der Waals surface area contributed by atoms with Gasteiger partial charge >= 0.3 is 6.18 Å². The van der Waals surface area contributed by atoms with Gasteiger partial charge in [0, 0.05) is 25.6 Å². The van der Waals surface area contributed by atoms with Crippen LogP contribution in [0.15, 0.2) is 28.7 Å². The van der Waals surface area contributed by atoms with Gasteiger partial charge in [0.2, 0.25) is 0 Å². The molecule has 0 amide bonds. The summed E-state index contributed by atoms with van der Waals surface area (Å²) >= 11 is -1.25. The number of rotatable bonds is 3. The van der Waals surface area contributed by atoms with Crippen molar-refractivity contribution in [2.75, 3.05) is 13.1 Å². The highest BCUT2D eigenvalue weighted by Gasteiger charge is 2.42. The first-order valence-electron chi connectivity index (χ1n) is 8.92. The minimum Gasteiger partial charge on any atom is -0.591 e. The van der Waals surface area contributed by atoms with E-state index in [0.717, 1.165) is 37.7 Å². The number of fused-ring (bicyclic) bond motifs is 1. The second kappa shape index (κ2) is 7.17. The Kier molecular flexibility index (Phi) is 5.43. The number of nitrogens with zero attached hydrogens (tertiary/aromatic N) is 2. The van der Waals surface area contributed by atoms with Crippen molar-refractivity contribution in [1.82, 2.24) is 4.90 Å². The van der Waals surface area contributed by atoms with E-state index in [9.17, 15) is 17.7 Å². The molecule has 1 aliphatic carbocycles. The Bertz CT molecular complexity index is 684. The number of likely N-dealkylation sites (tertiary alicyclic amines) is 1. The van der Waals surface area contributed by atoms with E-state index in [0.29, 0.717) is 18.0 Å². The monoisotopic (exact) mass is 386 g/mol. The summed E-state index contributed by atoms with van der Waals surface area (Å²) in [6.45, 7) is 7.88. The number of hydrogen-bond donors (Lipinski definition) is 0. The van der Waals surface area contributed by atoms with E-state index in [2.05, 4.69) is 9.30 Å². The summed E-state index contributed by atoms with van der Waals surface area (Å²) in [5.74, 6) is 0.753. The second-order valence-electron chi connectivity index (χ2n) is 8.24. The van der Waals surface area contributed by atoms with Gasteiger partial charge < -0.3 is 4.55 Å². The van der Waals surface area contributed by atoms with Crippen molar-refractivity contribution in [3.8, 4) is 0 Å². The van der Waals surface area contributed by atoms with Crippen molar-refractivity contribution in [2.24, 2.45) is 16.2 Å². The van der Waals surface area contributed by atoms with Crippen LogP contribution in [0.25, 0.3) is 0 Å². The molecule has 3 atom stereocenters. The fourth-order valence-electron chi connectivity index (χ4n) is 3.74. The van der Waals surface area contributed by atoms with Gasteiger partial charge in [-0.15, -0.1) is 0 Å². The highest BCUT2D eigenvalue weighted by Crippen LogP contribution is 2.38. The number of halogens is 3. The van der Waals surface area contributed by atoms with Gasteiger partial charge in [0.15, 0.2) is 0 Å².